The fourth-order valence-electron chi connectivity index (χ4n) is 6.95. The summed E-state index contributed by atoms with van der Waals surface area (Å²) >= 11 is 0. The molecule has 4 aliphatic carbocycles. The number of amides is 2. The molecule has 1 aliphatic heterocycles. The van der Waals surface area contributed by atoms with Gasteiger partial charge in [-0.15, -0.1) is 0 Å². The third kappa shape index (κ3) is 4.65. The van der Waals surface area contributed by atoms with Crippen LogP contribution in [-0.2, 0) is 9.59 Å². The molecule has 0 unspecified atom stereocenters. The van der Waals surface area contributed by atoms with Crippen LogP contribution in [0.5, 0.6) is 0 Å². The van der Waals surface area contributed by atoms with Gasteiger partial charge in [0.15, 0.2) is 0 Å². The highest BCUT2D eigenvalue weighted by Gasteiger charge is 2.55. The molecule has 1 atom stereocenters. The lowest BCUT2D eigenvalue weighted by Crippen LogP contribution is -2.58. The van der Waals surface area contributed by atoms with Gasteiger partial charge in [0, 0.05) is 18.5 Å². The van der Waals surface area contributed by atoms with Crippen molar-refractivity contribution in [1.29, 1.82) is 0 Å². The van der Waals surface area contributed by atoms with E-state index in [1.54, 1.807) is 0 Å². The molecular weight excluding hydrogens is 362 g/mol. The fraction of sp³-hybridized carbons (Fsp3) is 0.917. The number of piperidine rings is 1. The van der Waals surface area contributed by atoms with Crippen LogP contribution in [0.3, 0.4) is 0 Å². The Hall–Kier alpha value is -1.10. The van der Waals surface area contributed by atoms with E-state index in [0.717, 1.165) is 62.6 Å². The van der Waals surface area contributed by atoms with E-state index in [1.165, 1.54) is 32.1 Å². The second-order valence-electron chi connectivity index (χ2n) is 11.2. The van der Waals surface area contributed by atoms with Crippen LogP contribution in [0.25, 0.3) is 0 Å². The Bertz CT molecular complexity index is 574. The van der Waals surface area contributed by atoms with E-state index in [9.17, 15) is 9.59 Å². The number of rotatable bonds is 7. The summed E-state index contributed by atoms with van der Waals surface area (Å²) in [5.74, 6) is 3.30. The van der Waals surface area contributed by atoms with Crippen LogP contribution in [0.2, 0.25) is 0 Å². The molecule has 164 valence electrons. The normalized spacial score (nSPS) is 35.7. The van der Waals surface area contributed by atoms with Crippen LogP contribution in [-0.4, -0.2) is 48.9 Å². The summed E-state index contributed by atoms with van der Waals surface area (Å²) in [4.78, 5) is 28.7. The molecule has 0 aromatic rings. The Morgan fingerprint density at radius 1 is 1.00 bits per heavy atom. The van der Waals surface area contributed by atoms with Gasteiger partial charge in [0.05, 0.1) is 0 Å². The zero-order valence-electron chi connectivity index (χ0n) is 18.7. The maximum Gasteiger partial charge on any atom is 0.242 e. The predicted octanol–water partition coefficient (Wildman–Crippen LogP) is 3.19. The monoisotopic (exact) mass is 403 g/mol. The van der Waals surface area contributed by atoms with Gasteiger partial charge in [-0.3, -0.25) is 9.59 Å². The van der Waals surface area contributed by atoms with Gasteiger partial charge in [-0.2, -0.15) is 0 Å². The molecule has 2 amide bonds. The van der Waals surface area contributed by atoms with E-state index < -0.39 is 6.04 Å². The number of nitrogens with one attached hydrogen (secondary N) is 2. The lowest BCUT2D eigenvalue weighted by atomic mass is 9.49. The Kier molecular flexibility index (Phi) is 6.24. The summed E-state index contributed by atoms with van der Waals surface area (Å²) in [6, 6.07) is -0.420. The summed E-state index contributed by atoms with van der Waals surface area (Å²) < 4.78 is 0. The molecule has 5 nitrogen and oxygen atoms in total. The standard InChI is InChI=1S/C24H41N3O2/c1-16(2)21(22(28)25-6-9-27-7-4-17(3)5-8-27)26-23(29)24-13-18-10-19(14-24)12-20(11-18)15-24/h16-21H,4-15H2,1-3H3,(H,25,28)(H,26,29)/t18?,19?,20?,21-,24?/m1/s1. The van der Waals surface area contributed by atoms with Crippen LogP contribution in [0, 0.1) is 35.0 Å². The molecule has 4 saturated carbocycles. The highest BCUT2D eigenvalue weighted by molar-refractivity contribution is 5.90. The number of carbonyl (C=O) groups excluding carboxylic acids is 2. The van der Waals surface area contributed by atoms with Crippen molar-refractivity contribution in [1.82, 2.24) is 15.5 Å². The van der Waals surface area contributed by atoms with Crippen molar-refractivity contribution in [3.8, 4) is 0 Å². The quantitative estimate of drug-likeness (QED) is 0.686. The van der Waals surface area contributed by atoms with E-state index >= 15 is 0 Å². The molecule has 5 aliphatic rings. The summed E-state index contributed by atoms with van der Waals surface area (Å²) in [6.07, 6.45) is 9.63. The van der Waals surface area contributed by atoms with Crippen molar-refractivity contribution in [3.63, 3.8) is 0 Å². The van der Waals surface area contributed by atoms with Gasteiger partial charge in [-0.05, 0) is 94.0 Å². The Morgan fingerprint density at radius 2 is 1.55 bits per heavy atom. The minimum absolute atomic E-state index is 0.0107. The number of likely N-dealkylation sites (tertiary alicyclic amines) is 1. The van der Waals surface area contributed by atoms with Gasteiger partial charge in [0.1, 0.15) is 6.04 Å². The second-order valence-corrected chi connectivity index (χ2v) is 11.2. The predicted molar refractivity (Wildman–Crippen MR) is 115 cm³/mol. The first-order chi connectivity index (χ1) is 13.8. The molecule has 1 saturated heterocycles. The van der Waals surface area contributed by atoms with Crippen LogP contribution in [0.15, 0.2) is 0 Å². The average Bonchev–Trinajstić information content (AvgIpc) is 2.66. The third-order valence-electron chi connectivity index (χ3n) is 8.36. The molecule has 4 bridgehead atoms. The van der Waals surface area contributed by atoms with Crippen LogP contribution < -0.4 is 10.6 Å². The van der Waals surface area contributed by atoms with Crippen molar-refractivity contribution >= 4 is 11.8 Å². The topological polar surface area (TPSA) is 61.4 Å². The number of carbonyl (C=O) groups is 2. The van der Waals surface area contributed by atoms with Crippen molar-refractivity contribution in [3.05, 3.63) is 0 Å². The minimum atomic E-state index is -0.420. The molecule has 5 heteroatoms. The van der Waals surface area contributed by atoms with Gasteiger partial charge >= 0.3 is 0 Å². The van der Waals surface area contributed by atoms with E-state index in [4.69, 9.17) is 0 Å². The molecule has 2 N–H and O–H groups in total. The van der Waals surface area contributed by atoms with Crippen molar-refractivity contribution in [2.45, 2.75) is 78.2 Å². The molecule has 1 heterocycles. The summed E-state index contributed by atoms with van der Waals surface area (Å²) in [5.41, 5.74) is -0.188. The largest absolute Gasteiger partial charge is 0.353 e. The van der Waals surface area contributed by atoms with E-state index in [-0.39, 0.29) is 23.1 Å². The molecule has 29 heavy (non-hydrogen) atoms. The summed E-state index contributed by atoms with van der Waals surface area (Å²) in [7, 11) is 0. The number of hydrogen-bond acceptors (Lipinski definition) is 3. The van der Waals surface area contributed by atoms with Crippen LogP contribution >= 0.6 is 0 Å². The van der Waals surface area contributed by atoms with Gasteiger partial charge in [-0.1, -0.05) is 20.8 Å². The Morgan fingerprint density at radius 3 is 2.07 bits per heavy atom. The highest BCUT2D eigenvalue weighted by atomic mass is 16.2. The van der Waals surface area contributed by atoms with Crippen molar-refractivity contribution < 1.29 is 9.59 Å². The summed E-state index contributed by atoms with van der Waals surface area (Å²) in [6.45, 7) is 10.2. The molecule has 0 spiro atoms. The van der Waals surface area contributed by atoms with Gasteiger partial charge < -0.3 is 15.5 Å². The Balaban J connectivity index is 1.29. The zero-order chi connectivity index (χ0) is 20.6. The van der Waals surface area contributed by atoms with Gasteiger partial charge in [-0.25, -0.2) is 0 Å². The minimum Gasteiger partial charge on any atom is -0.353 e. The van der Waals surface area contributed by atoms with E-state index in [1.807, 2.05) is 13.8 Å². The fourth-order valence-corrected chi connectivity index (χ4v) is 6.95. The first kappa shape index (κ1) is 21.1. The SMILES string of the molecule is CC1CCN(CCNC(=O)[C@H](NC(=O)C23CC4CC(CC(C4)C2)C3)C(C)C)CC1. The van der Waals surface area contributed by atoms with Gasteiger partial charge in [0.2, 0.25) is 11.8 Å². The number of hydrogen-bond donors (Lipinski definition) is 2. The van der Waals surface area contributed by atoms with Crippen LogP contribution in [0.1, 0.15) is 72.1 Å². The molecule has 0 radical (unpaired) electrons. The molecule has 0 aromatic carbocycles. The highest BCUT2D eigenvalue weighted by Crippen LogP contribution is 2.60. The first-order valence-corrected chi connectivity index (χ1v) is 12.2. The average molecular weight is 404 g/mol. The maximum atomic E-state index is 13.4. The lowest BCUT2D eigenvalue weighted by Gasteiger charge is -2.55. The molecular formula is C24H41N3O2. The van der Waals surface area contributed by atoms with Gasteiger partial charge in [0.25, 0.3) is 0 Å². The van der Waals surface area contributed by atoms with Crippen LogP contribution in [0.4, 0.5) is 0 Å². The smallest absolute Gasteiger partial charge is 0.242 e. The molecule has 0 aromatic heterocycles. The molecule has 5 fully saturated rings. The lowest BCUT2D eigenvalue weighted by molar-refractivity contribution is -0.149. The van der Waals surface area contributed by atoms with E-state index in [2.05, 4.69) is 22.5 Å². The Labute approximate surface area is 176 Å². The summed E-state index contributed by atoms with van der Waals surface area (Å²) in [5, 5.41) is 6.31. The van der Waals surface area contributed by atoms with Crippen molar-refractivity contribution in [2.24, 2.45) is 35.0 Å². The molecule has 5 rings (SSSR count). The maximum absolute atomic E-state index is 13.4. The van der Waals surface area contributed by atoms with Crippen molar-refractivity contribution in [2.75, 3.05) is 26.2 Å². The van der Waals surface area contributed by atoms with E-state index in [0.29, 0.717) is 6.54 Å². The third-order valence-corrected chi connectivity index (χ3v) is 8.36. The number of nitrogens with zero attached hydrogens (tertiary/aromatic N) is 1. The second kappa shape index (κ2) is 8.56. The first-order valence-electron chi connectivity index (χ1n) is 12.2. The zero-order valence-corrected chi connectivity index (χ0v) is 18.7.